The molecular formula is C24H54N2O5+2. The minimum Gasteiger partial charge on any atom is -0.385 e. The first-order valence-electron chi connectivity index (χ1n) is 12.0. The molecule has 7 heteroatoms. The summed E-state index contributed by atoms with van der Waals surface area (Å²) < 4.78 is 18.1. The predicted octanol–water partition coefficient (Wildman–Crippen LogP) is 2.29. The van der Waals surface area contributed by atoms with E-state index in [4.69, 9.17) is 14.2 Å². The molecule has 0 bridgehead atoms. The van der Waals surface area contributed by atoms with Crippen LogP contribution in [0.2, 0.25) is 0 Å². The van der Waals surface area contributed by atoms with E-state index in [1.54, 1.807) is 7.11 Å². The summed E-state index contributed by atoms with van der Waals surface area (Å²) in [5.41, 5.74) is -0.143. The van der Waals surface area contributed by atoms with Gasteiger partial charge in [-0.1, -0.05) is 32.6 Å². The molecule has 0 saturated heterocycles. The number of quaternary nitrogens is 2. The molecule has 0 saturated carbocycles. The van der Waals surface area contributed by atoms with E-state index < -0.39 is 12.2 Å². The molecule has 31 heavy (non-hydrogen) atoms. The Bertz CT molecular complexity index is 444. The Labute approximate surface area is 192 Å². The number of likely N-dealkylation sites (N-methyl/N-ethyl adjacent to an activating group) is 2. The topological polar surface area (TPSA) is 68.2 Å². The fourth-order valence-corrected chi connectivity index (χ4v) is 3.57. The summed E-state index contributed by atoms with van der Waals surface area (Å²) in [4.78, 5) is 0. The first kappa shape index (κ1) is 30.7. The number of aliphatic hydroxyl groups is 2. The van der Waals surface area contributed by atoms with Crippen LogP contribution in [0.5, 0.6) is 0 Å². The number of hydrogen-bond donors (Lipinski definition) is 2. The van der Waals surface area contributed by atoms with Crippen molar-refractivity contribution < 1.29 is 33.4 Å². The first-order valence-corrected chi connectivity index (χ1v) is 12.0. The van der Waals surface area contributed by atoms with Gasteiger partial charge < -0.3 is 33.4 Å². The largest absolute Gasteiger partial charge is 0.385 e. The van der Waals surface area contributed by atoms with Crippen molar-refractivity contribution in [2.75, 3.05) is 88.0 Å². The number of hydrogen-bond acceptors (Lipinski definition) is 5. The van der Waals surface area contributed by atoms with Crippen molar-refractivity contribution in [3.63, 3.8) is 0 Å². The van der Waals surface area contributed by atoms with Crippen LogP contribution < -0.4 is 0 Å². The highest BCUT2D eigenvalue weighted by Crippen LogP contribution is 2.21. The van der Waals surface area contributed by atoms with Crippen LogP contribution in [0.4, 0.5) is 0 Å². The summed E-state index contributed by atoms with van der Waals surface area (Å²) in [5.74, 6) is 0. The SMILES string of the molecule is CCCCCCCOCC(O)C[N+](C)(C)CCOCC(C)(C)[N+](C)(C)CC(O)COC. The van der Waals surface area contributed by atoms with Gasteiger partial charge in [0, 0.05) is 13.7 Å². The Kier molecular flexibility index (Phi) is 15.4. The minimum atomic E-state index is -0.491. The molecule has 0 fully saturated rings. The molecule has 2 unspecified atom stereocenters. The average molecular weight is 451 g/mol. The van der Waals surface area contributed by atoms with Crippen LogP contribution in [0, 0.1) is 0 Å². The summed E-state index contributed by atoms with van der Waals surface area (Å²) >= 11 is 0. The van der Waals surface area contributed by atoms with Crippen LogP contribution >= 0.6 is 0 Å². The average Bonchev–Trinajstić information content (AvgIpc) is 2.63. The van der Waals surface area contributed by atoms with E-state index in [-0.39, 0.29) is 5.54 Å². The van der Waals surface area contributed by atoms with Gasteiger partial charge in [0.25, 0.3) is 0 Å². The van der Waals surface area contributed by atoms with Crippen LogP contribution in [0.15, 0.2) is 0 Å². The van der Waals surface area contributed by atoms with Crippen molar-refractivity contribution >= 4 is 0 Å². The highest BCUT2D eigenvalue weighted by atomic mass is 16.5. The Morgan fingerprint density at radius 2 is 1.42 bits per heavy atom. The number of aliphatic hydroxyl groups excluding tert-OH is 2. The lowest BCUT2D eigenvalue weighted by atomic mass is 10.0. The minimum absolute atomic E-state index is 0.143. The van der Waals surface area contributed by atoms with E-state index in [1.807, 2.05) is 0 Å². The van der Waals surface area contributed by atoms with Crippen LogP contribution in [0.1, 0.15) is 52.9 Å². The highest BCUT2D eigenvalue weighted by molar-refractivity contribution is 4.70. The molecule has 0 amide bonds. The van der Waals surface area contributed by atoms with E-state index in [0.29, 0.717) is 48.5 Å². The van der Waals surface area contributed by atoms with Crippen LogP contribution in [0.25, 0.3) is 0 Å². The molecule has 0 radical (unpaired) electrons. The van der Waals surface area contributed by atoms with E-state index in [1.165, 1.54) is 25.7 Å². The van der Waals surface area contributed by atoms with Gasteiger partial charge in [0.15, 0.2) is 0 Å². The molecule has 2 atom stereocenters. The third kappa shape index (κ3) is 14.5. The van der Waals surface area contributed by atoms with Gasteiger partial charge in [-0.2, -0.15) is 0 Å². The van der Waals surface area contributed by atoms with Crippen LogP contribution in [-0.2, 0) is 14.2 Å². The van der Waals surface area contributed by atoms with Gasteiger partial charge in [0.1, 0.15) is 44.0 Å². The predicted molar refractivity (Wildman–Crippen MR) is 127 cm³/mol. The van der Waals surface area contributed by atoms with E-state index in [0.717, 1.165) is 19.6 Å². The standard InChI is InChI=1S/C24H54N2O5/c1-9-10-11-12-13-15-30-20-22(27)17-25(4,5)14-16-31-21-24(2,3)26(6,7)18-23(28)19-29-8/h22-23,27-28H,9-21H2,1-8H3/q+2. The second-order valence-corrected chi connectivity index (χ2v) is 10.8. The fourth-order valence-electron chi connectivity index (χ4n) is 3.57. The lowest BCUT2D eigenvalue weighted by Gasteiger charge is -2.45. The van der Waals surface area contributed by atoms with Crippen LogP contribution in [-0.4, -0.2) is 125 Å². The summed E-state index contributed by atoms with van der Waals surface area (Å²) in [7, 11) is 10.1. The van der Waals surface area contributed by atoms with Gasteiger partial charge >= 0.3 is 0 Å². The van der Waals surface area contributed by atoms with Gasteiger partial charge in [-0.05, 0) is 20.3 Å². The molecule has 0 spiro atoms. The van der Waals surface area contributed by atoms with E-state index in [2.05, 4.69) is 49.0 Å². The number of rotatable bonds is 20. The van der Waals surface area contributed by atoms with Crippen molar-refractivity contribution in [3.8, 4) is 0 Å². The summed E-state index contributed by atoms with van der Waals surface area (Å²) in [6.45, 7) is 11.3. The Hall–Kier alpha value is -0.280. The summed E-state index contributed by atoms with van der Waals surface area (Å²) in [6, 6.07) is 0. The van der Waals surface area contributed by atoms with Crippen molar-refractivity contribution in [2.24, 2.45) is 0 Å². The number of nitrogens with zero attached hydrogens (tertiary/aromatic N) is 2. The maximum absolute atomic E-state index is 10.3. The fraction of sp³-hybridized carbons (Fsp3) is 1.00. The normalized spacial score (nSPS) is 15.3. The monoisotopic (exact) mass is 450 g/mol. The van der Waals surface area contributed by atoms with Gasteiger partial charge in [-0.3, -0.25) is 0 Å². The molecule has 0 heterocycles. The van der Waals surface area contributed by atoms with Gasteiger partial charge in [-0.15, -0.1) is 0 Å². The Balaban J connectivity index is 4.16. The van der Waals surface area contributed by atoms with Crippen molar-refractivity contribution in [3.05, 3.63) is 0 Å². The molecule has 0 rings (SSSR count). The molecule has 2 N–H and O–H groups in total. The first-order chi connectivity index (χ1) is 14.4. The number of methoxy groups -OCH3 is 1. The van der Waals surface area contributed by atoms with E-state index >= 15 is 0 Å². The summed E-state index contributed by atoms with van der Waals surface area (Å²) in [6.07, 6.45) is 5.15. The third-order valence-corrected chi connectivity index (χ3v) is 6.37. The van der Waals surface area contributed by atoms with Gasteiger partial charge in [0.2, 0.25) is 0 Å². The molecule has 0 aromatic rings. The summed E-state index contributed by atoms with van der Waals surface area (Å²) in [5, 5.41) is 20.4. The second kappa shape index (κ2) is 15.5. The molecule has 188 valence electrons. The zero-order valence-electron chi connectivity index (χ0n) is 21.9. The highest BCUT2D eigenvalue weighted by Gasteiger charge is 2.38. The number of unbranched alkanes of at least 4 members (excludes halogenated alkanes) is 4. The lowest BCUT2D eigenvalue weighted by Crippen LogP contribution is -2.61. The Morgan fingerprint density at radius 1 is 0.806 bits per heavy atom. The molecule has 0 aliphatic carbocycles. The molecule has 0 aromatic heterocycles. The van der Waals surface area contributed by atoms with E-state index in [9.17, 15) is 10.2 Å². The lowest BCUT2D eigenvalue weighted by molar-refractivity contribution is -0.941. The molecule has 0 aromatic carbocycles. The molecular weight excluding hydrogens is 396 g/mol. The smallest absolute Gasteiger partial charge is 0.126 e. The number of ether oxygens (including phenoxy) is 3. The van der Waals surface area contributed by atoms with Gasteiger partial charge in [0.05, 0.1) is 48.0 Å². The Morgan fingerprint density at radius 3 is 2.03 bits per heavy atom. The molecule has 0 aliphatic heterocycles. The van der Waals surface area contributed by atoms with Crippen molar-refractivity contribution in [2.45, 2.75) is 70.6 Å². The quantitative estimate of drug-likeness (QED) is 0.220. The molecule has 7 nitrogen and oxygen atoms in total. The third-order valence-electron chi connectivity index (χ3n) is 6.37. The molecule has 0 aliphatic rings. The zero-order valence-corrected chi connectivity index (χ0v) is 21.9. The van der Waals surface area contributed by atoms with Gasteiger partial charge in [-0.25, -0.2) is 0 Å². The maximum atomic E-state index is 10.3. The zero-order chi connectivity index (χ0) is 24.0. The van der Waals surface area contributed by atoms with Crippen LogP contribution in [0.3, 0.4) is 0 Å². The second-order valence-electron chi connectivity index (χ2n) is 10.8. The van der Waals surface area contributed by atoms with Crippen molar-refractivity contribution in [1.82, 2.24) is 0 Å². The maximum Gasteiger partial charge on any atom is 0.126 e. The van der Waals surface area contributed by atoms with Crippen molar-refractivity contribution in [1.29, 1.82) is 0 Å².